The molecule has 1 N–H and O–H groups in total. The van der Waals surface area contributed by atoms with Crippen LogP contribution in [0.25, 0.3) is 0 Å². The van der Waals surface area contributed by atoms with Gasteiger partial charge in [0.15, 0.2) is 0 Å². The van der Waals surface area contributed by atoms with Crippen LogP contribution >= 0.6 is 0 Å². The van der Waals surface area contributed by atoms with Crippen molar-refractivity contribution in [3.8, 4) is 0 Å². The summed E-state index contributed by atoms with van der Waals surface area (Å²) < 4.78 is 4.81. The van der Waals surface area contributed by atoms with Crippen molar-refractivity contribution in [2.24, 2.45) is 0 Å². The Balaban J connectivity index is 2.60. The predicted molar refractivity (Wildman–Crippen MR) is 92.3 cm³/mol. The number of ether oxygens (including phenoxy) is 1. The van der Waals surface area contributed by atoms with Crippen LogP contribution in [0.1, 0.15) is 64.0 Å². The van der Waals surface area contributed by atoms with Crippen molar-refractivity contribution in [3.63, 3.8) is 0 Å². The number of hydrogen-bond donors (Lipinski definition) is 1. The molecule has 0 fully saturated rings. The first-order chi connectivity index (χ1) is 10.8. The second-order valence-electron chi connectivity index (χ2n) is 6.52. The summed E-state index contributed by atoms with van der Waals surface area (Å²) in [6, 6.07) is 8.34. The van der Waals surface area contributed by atoms with Gasteiger partial charge in [0.1, 0.15) is 5.54 Å². The number of esters is 1. The molecule has 0 saturated carbocycles. The molecule has 0 aromatic heterocycles. The summed E-state index contributed by atoms with van der Waals surface area (Å²) in [4.78, 5) is 24.1. The average Bonchev–Trinajstić information content (AvgIpc) is 2.52. The van der Waals surface area contributed by atoms with Crippen LogP contribution in [-0.2, 0) is 20.7 Å². The van der Waals surface area contributed by atoms with Crippen LogP contribution in [0.2, 0.25) is 0 Å². The molecule has 1 atom stereocenters. The SMILES string of the molecule is CCCC(C)(NC(=O)CCc1ccc(C(C)C)cc1)C(=O)OC. The zero-order valence-corrected chi connectivity index (χ0v) is 14.9. The maximum Gasteiger partial charge on any atom is 0.331 e. The topological polar surface area (TPSA) is 55.4 Å². The summed E-state index contributed by atoms with van der Waals surface area (Å²) >= 11 is 0. The number of carbonyl (C=O) groups is 2. The van der Waals surface area contributed by atoms with E-state index in [1.165, 1.54) is 12.7 Å². The minimum atomic E-state index is -0.942. The number of aryl methyl sites for hydroxylation is 1. The Kier molecular flexibility index (Phi) is 7.27. The molecule has 128 valence electrons. The summed E-state index contributed by atoms with van der Waals surface area (Å²) in [5.74, 6) is -0.0181. The highest BCUT2D eigenvalue weighted by Gasteiger charge is 2.34. The molecule has 0 bridgehead atoms. The van der Waals surface area contributed by atoms with Gasteiger partial charge in [-0.2, -0.15) is 0 Å². The summed E-state index contributed by atoms with van der Waals surface area (Å²) in [6.07, 6.45) is 2.38. The molecule has 0 aliphatic heterocycles. The number of benzene rings is 1. The summed E-state index contributed by atoms with van der Waals surface area (Å²) in [5.41, 5.74) is 1.47. The van der Waals surface area contributed by atoms with Crippen molar-refractivity contribution >= 4 is 11.9 Å². The van der Waals surface area contributed by atoms with E-state index in [9.17, 15) is 9.59 Å². The number of amides is 1. The summed E-state index contributed by atoms with van der Waals surface area (Å²) in [5, 5.41) is 2.83. The lowest BCUT2D eigenvalue weighted by Gasteiger charge is -2.27. The van der Waals surface area contributed by atoms with Crippen LogP contribution in [0, 0.1) is 0 Å². The molecule has 1 rings (SSSR count). The van der Waals surface area contributed by atoms with E-state index < -0.39 is 11.5 Å². The lowest BCUT2D eigenvalue weighted by Crippen LogP contribution is -2.52. The predicted octanol–water partition coefficient (Wildman–Crippen LogP) is 3.59. The molecule has 0 aliphatic rings. The molecular formula is C19H29NO3. The Morgan fingerprint density at radius 2 is 1.83 bits per heavy atom. The zero-order chi connectivity index (χ0) is 17.5. The van der Waals surface area contributed by atoms with Crippen molar-refractivity contribution in [1.29, 1.82) is 0 Å². The maximum atomic E-state index is 12.2. The Morgan fingerprint density at radius 3 is 2.30 bits per heavy atom. The molecule has 0 heterocycles. The van der Waals surface area contributed by atoms with Gasteiger partial charge in [-0.1, -0.05) is 51.5 Å². The molecule has 1 aromatic rings. The fourth-order valence-electron chi connectivity index (χ4n) is 2.64. The Labute approximate surface area is 139 Å². The average molecular weight is 319 g/mol. The molecule has 4 nitrogen and oxygen atoms in total. The Hall–Kier alpha value is -1.84. The van der Waals surface area contributed by atoms with Gasteiger partial charge in [-0.05, 0) is 36.8 Å². The fourth-order valence-corrected chi connectivity index (χ4v) is 2.64. The number of rotatable bonds is 8. The molecule has 23 heavy (non-hydrogen) atoms. The first kappa shape index (κ1) is 19.2. The summed E-state index contributed by atoms with van der Waals surface area (Å²) in [6.45, 7) is 8.01. The molecule has 1 amide bonds. The van der Waals surface area contributed by atoms with E-state index in [0.717, 1.165) is 12.0 Å². The second-order valence-corrected chi connectivity index (χ2v) is 6.52. The quantitative estimate of drug-likeness (QED) is 0.745. The van der Waals surface area contributed by atoms with Crippen LogP contribution in [0.15, 0.2) is 24.3 Å². The molecule has 0 radical (unpaired) electrons. The minimum absolute atomic E-state index is 0.126. The second kappa shape index (κ2) is 8.70. The van der Waals surface area contributed by atoms with Gasteiger partial charge >= 0.3 is 5.97 Å². The number of carbonyl (C=O) groups excluding carboxylic acids is 2. The number of nitrogens with one attached hydrogen (secondary N) is 1. The van der Waals surface area contributed by atoms with E-state index in [2.05, 4.69) is 43.4 Å². The van der Waals surface area contributed by atoms with Gasteiger partial charge in [-0.25, -0.2) is 4.79 Å². The van der Waals surface area contributed by atoms with Crippen molar-refractivity contribution in [2.75, 3.05) is 7.11 Å². The first-order valence-corrected chi connectivity index (χ1v) is 8.30. The lowest BCUT2D eigenvalue weighted by molar-refractivity contribution is -0.150. The van der Waals surface area contributed by atoms with Gasteiger partial charge in [0.25, 0.3) is 0 Å². The molecule has 1 aromatic carbocycles. The standard InChI is InChI=1S/C19H29NO3/c1-6-13-19(4,18(22)23-5)20-17(21)12-9-15-7-10-16(11-8-15)14(2)3/h7-8,10-11,14H,6,9,12-13H2,1-5H3,(H,20,21). The van der Waals surface area contributed by atoms with Gasteiger partial charge in [-0.3, -0.25) is 4.79 Å². The van der Waals surface area contributed by atoms with Crippen molar-refractivity contribution in [2.45, 2.75) is 64.8 Å². The molecule has 0 spiro atoms. The zero-order valence-electron chi connectivity index (χ0n) is 14.9. The number of hydrogen-bond acceptors (Lipinski definition) is 3. The summed E-state index contributed by atoms with van der Waals surface area (Å²) in [7, 11) is 1.35. The normalized spacial score (nSPS) is 13.5. The maximum absolute atomic E-state index is 12.2. The van der Waals surface area contributed by atoms with Crippen LogP contribution in [0.4, 0.5) is 0 Å². The Morgan fingerprint density at radius 1 is 1.22 bits per heavy atom. The highest BCUT2D eigenvalue weighted by atomic mass is 16.5. The largest absolute Gasteiger partial charge is 0.467 e. The van der Waals surface area contributed by atoms with Crippen LogP contribution in [0.5, 0.6) is 0 Å². The Bertz CT molecular complexity index is 522. The van der Waals surface area contributed by atoms with Crippen LogP contribution < -0.4 is 5.32 Å². The van der Waals surface area contributed by atoms with Crippen molar-refractivity contribution < 1.29 is 14.3 Å². The molecule has 0 aliphatic carbocycles. The monoisotopic (exact) mass is 319 g/mol. The van der Waals surface area contributed by atoms with Gasteiger partial charge in [-0.15, -0.1) is 0 Å². The smallest absolute Gasteiger partial charge is 0.331 e. The van der Waals surface area contributed by atoms with Crippen molar-refractivity contribution in [3.05, 3.63) is 35.4 Å². The molecule has 4 heteroatoms. The third-order valence-electron chi connectivity index (χ3n) is 4.09. The van der Waals surface area contributed by atoms with E-state index in [1.54, 1.807) is 6.92 Å². The minimum Gasteiger partial charge on any atom is -0.467 e. The van der Waals surface area contributed by atoms with E-state index in [1.807, 2.05) is 6.92 Å². The van der Waals surface area contributed by atoms with E-state index in [0.29, 0.717) is 25.2 Å². The fraction of sp³-hybridized carbons (Fsp3) is 0.579. The third-order valence-corrected chi connectivity index (χ3v) is 4.09. The molecular weight excluding hydrogens is 290 g/mol. The highest BCUT2D eigenvalue weighted by Crippen LogP contribution is 2.17. The van der Waals surface area contributed by atoms with Crippen LogP contribution in [0.3, 0.4) is 0 Å². The van der Waals surface area contributed by atoms with Gasteiger partial charge in [0.2, 0.25) is 5.91 Å². The van der Waals surface area contributed by atoms with Gasteiger partial charge in [0.05, 0.1) is 7.11 Å². The third kappa shape index (κ3) is 5.70. The first-order valence-electron chi connectivity index (χ1n) is 8.30. The van der Waals surface area contributed by atoms with E-state index in [4.69, 9.17) is 4.74 Å². The van der Waals surface area contributed by atoms with Gasteiger partial charge < -0.3 is 10.1 Å². The lowest BCUT2D eigenvalue weighted by atomic mass is 9.95. The van der Waals surface area contributed by atoms with Crippen molar-refractivity contribution in [1.82, 2.24) is 5.32 Å². The number of methoxy groups -OCH3 is 1. The highest BCUT2D eigenvalue weighted by molar-refractivity contribution is 5.87. The van der Waals surface area contributed by atoms with Crippen LogP contribution in [-0.4, -0.2) is 24.5 Å². The van der Waals surface area contributed by atoms with Gasteiger partial charge in [0, 0.05) is 6.42 Å². The van der Waals surface area contributed by atoms with E-state index >= 15 is 0 Å². The molecule has 1 unspecified atom stereocenters. The van der Waals surface area contributed by atoms with E-state index in [-0.39, 0.29) is 5.91 Å². The molecule has 0 saturated heterocycles.